The summed E-state index contributed by atoms with van der Waals surface area (Å²) in [6, 6.07) is 8.45. The number of nitrogens with zero attached hydrogens (tertiary/aromatic N) is 1. The van der Waals surface area contributed by atoms with Gasteiger partial charge >= 0.3 is 0 Å². The molecule has 3 nitrogen and oxygen atoms in total. The molecular weight excluding hydrogens is 243 g/mol. The Morgan fingerprint density at radius 2 is 2.11 bits per heavy atom. The minimum Gasteiger partial charge on any atom is -0.493 e. The number of pyridine rings is 1. The van der Waals surface area contributed by atoms with Crippen LogP contribution in [-0.2, 0) is 0 Å². The Labute approximate surface area is 112 Å². The number of aryl methyl sites for hydroxylation is 1. The molecule has 0 aliphatic heterocycles. The molecule has 2 aromatic rings. The second-order valence-corrected chi connectivity index (χ2v) is 4.45. The molecule has 0 spiro atoms. The summed E-state index contributed by atoms with van der Waals surface area (Å²) >= 11 is 0. The molecule has 1 aromatic heterocycles. The summed E-state index contributed by atoms with van der Waals surface area (Å²) in [4.78, 5) is 4.18. The fourth-order valence-electron chi connectivity index (χ4n) is 1.92. The minimum atomic E-state index is -0.232. The van der Waals surface area contributed by atoms with Crippen LogP contribution in [0.2, 0.25) is 0 Å². The van der Waals surface area contributed by atoms with Gasteiger partial charge in [0.05, 0.1) is 19.0 Å². The topological polar surface area (TPSA) is 34.1 Å². The van der Waals surface area contributed by atoms with Crippen LogP contribution in [0.15, 0.2) is 36.5 Å². The molecule has 0 bridgehead atoms. The number of hydrogen-bond donors (Lipinski definition) is 1. The van der Waals surface area contributed by atoms with Gasteiger partial charge in [-0.1, -0.05) is 12.1 Å². The van der Waals surface area contributed by atoms with Crippen molar-refractivity contribution in [2.75, 3.05) is 12.4 Å². The van der Waals surface area contributed by atoms with E-state index in [1.807, 2.05) is 26.0 Å². The predicted octanol–water partition coefficient (Wildman–Crippen LogP) is 3.71. The number of aromatic nitrogens is 1. The number of halogens is 1. The lowest BCUT2D eigenvalue weighted by molar-refractivity contribution is 0.414. The van der Waals surface area contributed by atoms with Gasteiger partial charge in [0, 0.05) is 11.7 Å². The Morgan fingerprint density at radius 1 is 1.32 bits per heavy atom. The molecule has 4 heteroatoms. The monoisotopic (exact) mass is 260 g/mol. The second kappa shape index (κ2) is 5.69. The van der Waals surface area contributed by atoms with Gasteiger partial charge in [0.1, 0.15) is 5.82 Å². The molecule has 0 aliphatic rings. The van der Waals surface area contributed by atoms with Gasteiger partial charge in [0.2, 0.25) is 0 Å². The maximum atomic E-state index is 13.2. The summed E-state index contributed by atoms with van der Waals surface area (Å²) in [5.74, 6) is 0.442. The van der Waals surface area contributed by atoms with Crippen molar-refractivity contribution >= 4 is 5.69 Å². The van der Waals surface area contributed by atoms with Crippen LogP contribution in [0.4, 0.5) is 10.1 Å². The normalized spacial score (nSPS) is 12.0. The quantitative estimate of drug-likeness (QED) is 0.910. The SMILES string of the molecule is COc1cnc(C)cc1NC(C)c1cccc(F)c1. The van der Waals surface area contributed by atoms with Crippen molar-refractivity contribution in [3.63, 3.8) is 0 Å². The van der Waals surface area contributed by atoms with Crippen molar-refractivity contribution in [3.8, 4) is 5.75 Å². The lowest BCUT2D eigenvalue weighted by atomic mass is 10.1. The van der Waals surface area contributed by atoms with Gasteiger partial charge in [-0.25, -0.2) is 4.39 Å². The lowest BCUT2D eigenvalue weighted by Crippen LogP contribution is -2.08. The predicted molar refractivity (Wildman–Crippen MR) is 74.0 cm³/mol. The first-order valence-electron chi connectivity index (χ1n) is 6.13. The fraction of sp³-hybridized carbons (Fsp3) is 0.267. The van der Waals surface area contributed by atoms with Crippen molar-refractivity contribution in [2.24, 2.45) is 0 Å². The minimum absolute atomic E-state index is 0.0219. The van der Waals surface area contributed by atoms with Gasteiger partial charge in [0.25, 0.3) is 0 Å². The van der Waals surface area contributed by atoms with Gasteiger partial charge in [0.15, 0.2) is 5.75 Å². The molecule has 1 aromatic carbocycles. The number of ether oxygens (including phenoxy) is 1. The summed E-state index contributed by atoms with van der Waals surface area (Å²) in [7, 11) is 1.60. The molecule has 0 aliphatic carbocycles. The van der Waals surface area contributed by atoms with Gasteiger partial charge in [-0.15, -0.1) is 0 Å². The van der Waals surface area contributed by atoms with Crippen LogP contribution in [0, 0.1) is 12.7 Å². The molecule has 0 saturated heterocycles. The Kier molecular flexibility index (Phi) is 4.00. The maximum absolute atomic E-state index is 13.2. The number of anilines is 1. The van der Waals surface area contributed by atoms with E-state index in [1.165, 1.54) is 12.1 Å². The largest absolute Gasteiger partial charge is 0.493 e. The van der Waals surface area contributed by atoms with Crippen LogP contribution in [0.3, 0.4) is 0 Å². The van der Waals surface area contributed by atoms with E-state index in [1.54, 1.807) is 19.4 Å². The molecule has 1 unspecified atom stereocenters. The summed E-state index contributed by atoms with van der Waals surface area (Å²) in [6.45, 7) is 3.89. The van der Waals surface area contributed by atoms with Crippen molar-refractivity contribution in [2.45, 2.75) is 19.9 Å². The van der Waals surface area contributed by atoms with Crippen LogP contribution in [-0.4, -0.2) is 12.1 Å². The molecule has 1 heterocycles. The molecule has 0 saturated carbocycles. The van der Waals surface area contributed by atoms with Crippen LogP contribution < -0.4 is 10.1 Å². The van der Waals surface area contributed by atoms with E-state index in [0.717, 1.165) is 16.9 Å². The second-order valence-electron chi connectivity index (χ2n) is 4.45. The fourth-order valence-corrected chi connectivity index (χ4v) is 1.92. The first kappa shape index (κ1) is 13.3. The highest BCUT2D eigenvalue weighted by Crippen LogP contribution is 2.28. The average Bonchev–Trinajstić information content (AvgIpc) is 2.39. The smallest absolute Gasteiger partial charge is 0.160 e. The highest BCUT2D eigenvalue weighted by molar-refractivity contribution is 5.57. The van der Waals surface area contributed by atoms with E-state index in [2.05, 4.69) is 10.3 Å². The third kappa shape index (κ3) is 3.22. The lowest BCUT2D eigenvalue weighted by Gasteiger charge is -2.18. The summed E-state index contributed by atoms with van der Waals surface area (Å²) in [5, 5.41) is 3.31. The van der Waals surface area contributed by atoms with Crippen molar-refractivity contribution < 1.29 is 9.13 Å². The Balaban J connectivity index is 2.23. The Morgan fingerprint density at radius 3 is 2.79 bits per heavy atom. The highest BCUT2D eigenvalue weighted by atomic mass is 19.1. The van der Waals surface area contributed by atoms with Crippen molar-refractivity contribution in [3.05, 3.63) is 53.6 Å². The molecular formula is C15H17FN2O. The number of hydrogen-bond acceptors (Lipinski definition) is 3. The summed E-state index contributed by atoms with van der Waals surface area (Å²) < 4.78 is 18.5. The van der Waals surface area contributed by atoms with Gasteiger partial charge < -0.3 is 10.1 Å². The van der Waals surface area contributed by atoms with Crippen LogP contribution in [0.5, 0.6) is 5.75 Å². The molecule has 0 amide bonds. The Hall–Kier alpha value is -2.10. The zero-order valence-electron chi connectivity index (χ0n) is 11.3. The highest BCUT2D eigenvalue weighted by Gasteiger charge is 2.10. The standard InChI is InChI=1S/C15H17FN2O/c1-10-7-14(15(19-3)9-17-10)18-11(2)12-5-4-6-13(16)8-12/h4-9,11H,1-3H3,(H,17,18). The molecule has 1 atom stereocenters. The molecule has 100 valence electrons. The van der Waals surface area contributed by atoms with E-state index in [-0.39, 0.29) is 11.9 Å². The first-order valence-corrected chi connectivity index (χ1v) is 6.13. The molecule has 2 rings (SSSR count). The van der Waals surface area contributed by atoms with Gasteiger partial charge in [-0.05, 0) is 37.6 Å². The molecule has 19 heavy (non-hydrogen) atoms. The molecule has 0 fully saturated rings. The third-order valence-corrected chi connectivity index (χ3v) is 2.94. The number of methoxy groups -OCH3 is 1. The first-order chi connectivity index (χ1) is 9.10. The van der Waals surface area contributed by atoms with Crippen molar-refractivity contribution in [1.82, 2.24) is 4.98 Å². The summed E-state index contributed by atoms with van der Waals surface area (Å²) in [5.41, 5.74) is 2.64. The Bertz CT molecular complexity index is 572. The third-order valence-electron chi connectivity index (χ3n) is 2.94. The zero-order valence-corrected chi connectivity index (χ0v) is 11.3. The molecule has 1 N–H and O–H groups in total. The van der Waals surface area contributed by atoms with Crippen LogP contribution in [0.1, 0.15) is 24.2 Å². The maximum Gasteiger partial charge on any atom is 0.160 e. The number of nitrogens with one attached hydrogen (secondary N) is 1. The number of rotatable bonds is 4. The van der Waals surface area contributed by atoms with E-state index < -0.39 is 0 Å². The van der Waals surface area contributed by atoms with Crippen LogP contribution >= 0.6 is 0 Å². The van der Waals surface area contributed by atoms with Crippen molar-refractivity contribution in [1.29, 1.82) is 0 Å². The number of benzene rings is 1. The van der Waals surface area contributed by atoms with E-state index in [9.17, 15) is 4.39 Å². The van der Waals surface area contributed by atoms with Gasteiger partial charge in [-0.3, -0.25) is 4.98 Å². The van der Waals surface area contributed by atoms with Crippen LogP contribution in [0.25, 0.3) is 0 Å². The van der Waals surface area contributed by atoms with E-state index in [0.29, 0.717) is 5.75 Å². The zero-order chi connectivity index (χ0) is 13.8. The average molecular weight is 260 g/mol. The molecule has 0 radical (unpaired) electrons. The van der Waals surface area contributed by atoms with Gasteiger partial charge in [-0.2, -0.15) is 0 Å². The van der Waals surface area contributed by atoms with E-state index >= 15 is 0 Å². The summed E-state index contributed by atoms with van der Waals surface area (Å²) in [6.07, 6.45) is 1.68. The van der Waals surface area contributed by atoms with E-state index in [4.69, 9.17) is 4.74 Å².